The van der Waals surface area contributed by atoms with Crippen LogP contribution in [0.3, 0.4) is 0 Å². The fourth-order valence-electron chi connectivity index (χ4n) is 2.80. The number of hydrogen-bond donors (Lipinski definition) is 0. The van der Waals surface area contributed by atoms with Crippen LogP contribution in [0.2, 0.25) is 0 Å². The molecular formula is C16H14N4O2. The molecule has 1 aromatic carbocycles. The van der Waals surface area contributed by atoms with Crippen molar-refractivity contribution in [3.63, 3.8) is 0 Å². The van der Waals surface area contributed by atoms with E-state index in [1.165, 1.54) is 6.33 Å². The number of benzene rings is 1. The maximum atomic E-state index is 12.4. The van der Waals surface area contributed by atoms with Crippen LogP contribution in [0.5, 0.6) is 0 Å². The highest BCUT2D eigenvalue weighted by molar-refractivity contribution is 5.93. The molecule has 0 radical (unpaired) electrons. The molecule has 0 bridgehead atoms. The summed E-state index contributed by atoms with van der Waals surface area (Å²) < 4.78 is 5.81. The summed E-state index contributed by atoms with van der Waals surface area (Å²) in [6.45, 7) is 1.30. The van der Waals surface area contributed by atoms with Crippen molar-refractivity contribution in [1.82, 2.24) is 19.9 Å². The second kappa shape index (κ2) is 5.22. The Morgan fingerprint density at radius 3 is 2.86 bits per heavy atom. The molecule has 6 heteroatoms. The minimum Gasteiger partial charge on any atom is -0.440 e. The van der Waals surface area contributed by atoms with Gasteiger partial charge in [0.05, 0.1) is 11.5 Å². The lowest BCUT2D eigenvalue weighted by molar-refractivity contribution is 0.0789. The molecule has 0 spiro atoms. The van der Waals surface area contributed by atoms with Crippen LogP contribution in [0.1, 0.15) is 28.6 Å². The van der Waals surface area contributed by atoms with Gasteiger partial charge in [-0.3, -0.25) is 4.79 Å². The van der Waals surface area contributed by atoms with Crippen molar-refractivity contribution in [1.29, 1.82) is 0 Å². The first-order valence-corrected chi connectivity index (χ1v) is 7.21. The molecule has 22 heavy (non-hydrogen) atoms. The summed E-state index contributed by atoms with van der Waals surface area (Å²) in [5.74, 6) is 0.806. The van der Waals surface area contributed by atoms with E-state index in [2.05, 4.69) is 15.0 Å². The smallest absolute Gasteiger partial charge is 0.257 e. The average Bonchev–Trinajstić information content (AvgIpc) is 3.21. The second-order valence-corrected chi connectivity index (χ2v) is 5.38. The molecule has 1 saturated heterocycles. The van der Waals surface area contributed by atoms with E-state index in [-0.39, 0.29) is 11.8 Å². The van der Waals surface area contributed by atoms with Gasteiger partial charge in [-0.2, -0.15) is 0 Å². The largest absolute Gasteiger partial charge is 0.440 e. The van der Waals surface area contributed by atoms with Crippen molar-refractivity contribution in [2.75, 3.05) is 13.1 Å². The van der Waals surface area contributed by atoms with Crippen LogP contribution in [-0.4, -0.2) is 38.8 Å². The van der Waals surface area contributed by atoms with E-state index >= 15 is 0 Å². The molecule has 1 amide bonds. The van der Waals surface area contributed by atoms with E-state index in [1.54, 1.807) is 17.3 Å². The molecule has 1 aliphatic heterocycles. The number of carbonyl (C=O) groups is 1. The molecule has 110 valence electrons. The Balaban J connectivity index is 1.53. The maximum Gasteiger partial charge on any atom is 0.257 e. The van der Waals surface area contributed by atoms with E-state index < -0.39 is 0 Å². The van der Waals surface area contributed by atoms with Crippen LogP contribution in [0.25, 0.3) is 11.1 Å². The molecule has 4 rings (SSSR count). The fourth-order valence-corrected chi connectivity index (χ4v) is 2.80. The summed E-state index contributed by atoms with van der Waals surface area (Å²) in [5, 5.41) is 0. The van der Waals surface area contributed by atoms with E-state index in [0.29, 0.717) is 24.5 Å². The summed E-state index contributed by atoms with van der Waals surface area (Å²) in [5.41, 5.74) is 2.16. The lowest BCUT2D eigenvalue weighted by atomic mass is 10.1. The number of likely N-dealkylation sites (tertiary alicyclic amines) is 1. The average molecular weight is 294 g/mol. The first-order chi connectivity index (χ1) is 10.8. The second-order valence-electron chi connectivity index (χ2n) is 5.38. The summed E-state index contributed by atoms with van der Waals surface area (Å²) in [6, 6.07) is 7.71. The maximum absolute atomic E-state index is 12.4. The van der Waals surface area contributed by atoms with E-state index in [9.17, 15) is 4.79 Å². The predicted octanol–water partition coefficient (Wildman–Crippen LogP) is 2.25. The summed E-state index contributed by atoms with van der Waals surface area (Å²) in [6.07, 6.45) is 5.36. The lowest BCUT2D eigenvalue weighted by Crippen LogP contribution is -2.28. The number of rotatable bonds is 2. The third-order valence-electron chi connectivity index (χ3n) is 3.94. The monoisotopic (exact) mass is 294 g/mol. The highest BCUT2D eigenvalue weighted by Gasteiger charge is 2.31. The van der Waals surface area contributed by atoms with Crippen LogP contribution in [0, 0.1) is 0 Å². The van der Waals surface area contributed by atoms with Gasteiger partial charge < -0.3 is 9.32 Å². The van der Waals surface area contributed by atoms with Crippen LogP contribution < -0.4 is 0 Å². The minimum absolute atomic E-state index is 0.0424. The van der Waals surface area contributed by atoms with Gasteiger partial charge in [0.2, 0.25) is 0 Å². The molecular weight excluding hydrogens is 280 g/mol. The number of nitrogens with zero attached hydrogens (tertiary/aromatic N) is 4. The molecule has 1 atom stereocenters. The standard InChI is InChI=1S/C16H14N4O2/c21-16(12-7-17-10-18-8-12)20-6-5-11(9-20)15-19-13-3-1-2-4-14(13)22-15/h1-4,7-8,10-11H,5-6,9H2/t11-/m1/s1. The van der Waals surface area contributed by atoms with E-state index in [0.717, 1.165) is 17.5 Å². The molecule has 2 aromatic heterocycles. The van der Waals surface area contributed by atoms with Gasteiger partial charge in [0, 0.05) is 25.5 Å². The van der Waals surface area contributed by atoms with Gasteiger partial charge in [0.1, 0.15) is 11.8 Å². The van der Waals surface area contributed by atoms with Crippen molar-refractivity contribution < 1.29 is 9.21 Å². The molecule has 0 N–H and O–H groups in total. The number of para-hydroxylation sites is 2. The van der Waals surface area contributed by atoms with Gasteiger partial charge in [0.25, 0.3) is 5.91 Å². The number of hydrogen-bond acceptors (Lipinski definition) is 5. The first-order valence-electron chi connectivity index (χ1n) is 7.21. The Hall–Kier alpha value is -2.76. The molecule has 3 aromatic rings. The van der Waals surface area contributed by atoms with E-state index in [4.69, 9.17) is 4.42 Å². The Bertz CT molecular complexity index is 782. The Labute approximate surface area is 126 Å². The first kappa shape index (κ1) is 12.9. The fraction of sp³-hybridized carbons (Fsp3) is 0.250. The molecule has 3 heterocycles. The third-order valence-corrected chi connectivity index (χ3v) is 3.94. The van der Waals surface area contributed by atoms with Crippen LogP contribution in [0.15, 0.2) is 47.4 Å². The minimum atomic E-state index is -0.0424. The zero-order valence-corrected chi connectivity index (χ0v) is 11.8. The van der Waals surface area contributed by atoms with Crippen molar-refractivity contribution >= 4 is 17.0 Å². The van der Waals surface area contributed by atoms with Gasteiger partial charge in [-0.05, 0) is 18.6 Å². The third kappa shape index (κ3) is 2.22. The van der Waals surface area contributed by atoms with Crippen LogP contribution in [0.4, 0.5) is 0 Å². The summed E-state index contributed by atoms with van der Waals surface area (Å²) >= 11 is 0. The normalized spacial score (nSPS) is 18.0. The van der Waals surface area contributed by atoms with Gasteiger partial charge in [-0.25, -0.2) is 15.0 Å². The van der Waals surface area contributed by atoms with Crippen LogP contribution in [-0.2, 0) is 0 Å². The number of carbonyl (C=O) groups excluding carboxylic acids is 1. The van der Waals surface area contributed by atoms with Crippen molar-refractivity contribution in [2.24, 2.45) is 0 Å². The van der Waals surface area contributed by atoms with Gasteiger partial charge in [0.15, 0.2) is 11.5 Å². The summed E-state index contributed by atoms with van der Waals surface area (Å²) in [4.78, 5) is 26.5. The molecule has 0 saturated carbocycles. The zero-order valence-electron chi connectivity index (χ0n) is 11.8. The summed E-state index contributed by atoms with van der Waals surface area (Å²) in [7, 11) is 0. The molecule has 0 aliphatic carbocycles. The quantitative estimate of drug-likeness (QED) is 0.725. The SMILES string of the molecule is O=C(c1cncnc1)N1CC[C@@H](c2nc3ccccc3o2)C1. The van der Waals surface area contributed by atoms with Gasteiger partial charge in [-0.1, -0.05) is 12.1 Å². The topological polar surface area (TPSA) is 72.1 Å². The number of amides is 1. The Morgan fingerprint density at radius 2 is 2.05 bits per heavy atom. The lowest BCUT2D eigenvalue weighted by Gasteiger charge is -2.15. The van der Waals surface area contributed by atoms with Crippen molar-refractivity contribution in [2.45, 2.75) is 12.3 Å². The molecule has 1 aliphatic rings. The highest BCUT2D eigenvalue weighted by Crippen LogP contribution is 2.29. The van der Waals surface area contributed by atoms with Gasteiger partial charge >= 0.3 is 0 Å². The molecule has 0 unspecified atom stereocenters. The Kier molecular flexibility index (Phi) is 3.07. The zero-order chi connectivity index (χ0) is 14.9. The van der Waals surface area contributed by atoms with Crippen LogP contribution >= 0.6 is 0 Å². The molecule has 6 nitrogen and oxygen atoms in total. The predicted molar refractivity (Wildman–Crippen MR) is 79.3 cm³/mol. The van der Waals surface area contributed by atoms with E-state index in [1.807, 2.05) is 24.3 Å². The Morgan fingerprint density at radius 1 is 1.23 bits per heavy atom. The highest BCUT2D eigenvalue weighted by atomic mass is 16.3. The number of oxazole rings is 1. The molecule has 1 fully saturated rings. The van der Waals surface area contributed by atoms with Crippen molar-refractivity contribution in [3.8, 4) is 0 Å². The van der Waals surface area contributed by atoms with Gasteiger partial charge in [-0.15, -0.1) is 0 Å². The number of aromatic nitrogens is 3. The number of fused-ring (bicyclic) bond motifs is 1. The van der Waals surface area contributed by atoms with Crippen molar-refractivity contribution in [3.05, 3.63) is 54.4 Å².